The molecule has 0 aromatic carbocycles. The smallest absolute Gasteiger partial charge is 0.239 e. The highest BCUT2D eigenvalue weighted by Gasteiger charge is 2.16. The number of hydrogen-bond acceptors (Lipinski definition) is 4. The molecule has 0 bridgehead atoms. The molecule has 0 fully saturated rings. The van der Waals surface area contributed by atoms with E-state index in [9.17, 15) is 4.79 Å². The van der Waals surface area contributed by atoms with Crippen molar-refractivity contribution in [1.29, 1.82) is 0 Å². The molecular formula is C10H16N2O2S. The molecule has 3 N–H and O–H groups in total. The number of nitrogens with one attached hydrogen (secondary N) is 1. The number of nitrogens with two attached hydrogens (primary N) is 1. The Balaban J connectivity index is 2.44. The van der Waals surface area contributed by atoms with Gasteiger partial charge in [-0.25, -0.2) is 0 Å². The van der Waals surface area contributed by atoms with Crippen molar-refractivity contribution in [3.8, 4) is 0 Å². The molecule has 0 aliphatic carbocycles. The lowest BCUT2D eigenvalue weighted by Crippen LogP contribution is -2.44. The fourth-order valence-corrected chi connectivity index (χ4v) is 1.92. The fraction of sp³-hybridized carbons (Fsp3) is 0.500. The minimum absolute atomic E-state index is 0.000376. The molecule has 2 unspecified atom stereocenters. The van der Waals surface area contributed by atoms with Gasteiger partial charge in [0.2, 0.25) is 5.91 Å². The van der Waals surface area contributed by atoms with E-state index in [0.29, 0.717) is 0 Å². The summed E-state index contributed by atoms with van der Waals surface area (Å²) in [5.41, 5.74) is 5.60. The van der Waals surface area contributed by atoms with Crippen molar-refractivity contribution in [3.63, 3.8) is 0 Å². The van der Waals surface area contributed by atoms with Crippen LogP contribution in [0.5, 0.6) is 0 Å². The molecule has 0 spiro atoms. The number of methoxy groups -OCH3 is 1. The predicted octanol–water partition coefficient (Wildman–Crippen LogP) is 0.899. The van der Waals surface area contributed by atoms with Crippen LogP contribution in [0.15, 0.2) is 17.5 Å². The number of ether oxygens (including phenoxy) is 1. The van der Waals surface area contributed by atoms with Crippen molar-refractivity contribution in [3.05, 3.63) is 22.4 Å². The van der Waals surface area contributed by atoms with Crippen LogP contribution in [0.1, 0.15) is 17.8 Å². The SMILES string of the molecule is COCC(N)C(=O)NC(C)c1cccs1. The van der Waals surface area contributed by atoms with E-state index in [4.69, 9.17) is 10.5 Å². The average Bonchev–Trinajstić information content (AvgIpc) is 2.70. The van der Waals surface area contributed by atoms with Crippen molar-refractivity contribution >= 4 is 17.2 Å². The zero-order valence-corrected chi connectivity index (χ0v) is 9.71. The summed E-state index contributed by atoms with van der Waals surface area (Å²) in [6, 6.07) is 3.34. The summed E-state index contributed by atoms with van der Waals surface area (Å²) in [4.78, 5) is 12.6. The average molecular weight is 228 g/mol. The van der Waals surface area contributed by atoms with E-state index in [1.165, 1.54) is 7.11 Å². The van der Waals surface area contributed by atoms with Gasteiger partial charge < -0.3 is 15.8 Å². The molecule has 0 saturated heterocycles. The molecule has 0 saturated carbocycles. The van der Waals surface area contributed by atoms with Crippen LogP contribution in [0.3, 0.4) is 0 Å². The molecule has 4 nitrogen and oxygen atoms in total. The van der Waals surface area contributed by atoms with Crippen molar-refractivity contribution in [2.75, 3.05) is 13.7 Å². The van der Waals surface area contributed by atoms with Gasteiger partial charge in [-0.05, 0) is 18.4 Å². The molecule has 5 heteroatoms. The van der Waals surface area contributed by atoms with Gasteiger partial charge in [-0.15, -0.1) is 11.3 Å². The van der Waals surface area contributed by atoms with E-state index in [2.05, 4.69) is 5.32 Å². The third-order valence-corrected chi connectivity index (χ3v) is 3.07. The third kappa shape index (κ3) is 3.62. The van der Waals surface area contributed by atoms with Crippen LogP contribution in [-0.2, 0) is 9.53 Å². The Morgan fingerprint density at radius 1 is 1.73 bits per heavy atom. The van der Waals surface area contributed by atoms with Crippen LogP contribution in [0.25, 0.3) is 0 Å². The zero-order chi connectivity index (χ0) is 11.3. The predicted molar refractivity (Wildman–Crippen MR) is 60.7 cm³/mol. The summed E-state index contributed by atoms with van der Waals surface area (Å²) in [6.45, 7) is 2.17. The summed E-state index contributed by atoms with van der Waals surface area (Å²) in [7, 11) is 1.52. The molecule has 1 amide bonds. The van der Waals surface area contributed by atoms with Gasteiger partial charge in [0, 0.05) is 12.0 Å². The molecule has 0 aliphatic rings. The molecule has 2 atom stereocenters. The maximum atomic E-state index is 11.5. The lowest BCUT2D eigenvalue weighted by Gasteiger charge is -2.15. The van der Waals surface area contributed by atoms with Crippen LogP contribution in [0.2, 0.25) is 0 Å². The van der Waals surface area contributed by atoms with Crippen LogP contribution in [0.4, 0.5) is 0 Å². The van der Waals surface area contributed by atoms with Gasteiger partial charge in [-0.3, -0.25) is 4.79 Å². The molecule has 1 aromatic heterocycles. The molecule has 1 aromatic rings. The normalized spacial score (nSPS) is 14.6. The van der Waals surface area contributed by atoms with E-state index >= 15 is 0 Å². The van der Waals surface area contributed by atoms with Crippen LogP contribution in [0, 0.1) is 0 Å². The number of rotatable bonds is 5. The first kappa shape index (κ1) is 12.2. The summed E-state index contributed by atoms with van der Waals surface area (Å²) < 4.78 is 4.81. The quantitative estimate of drug-likeness (QED) is 0.787. The Bertz CT molecular complexity index is 300. The van der Waals surface area contributed by atoms with E-state index in [0.717, 1.165) is 4.88 Å². The second kappa shape index (κ2) is 5.85. The largest absolute Gasteiger partial charge is 0.383 e. The molecular weight excluding hydrogens is 212 g/mol. The highest BCUT2D eigenvalue weighted by Crippen LogP contribution is 2.17. The second-order valence-electron chi connectivity index (χ2n) is 3.31. The summed E-state index contributed by atoms with van der Waals surface area (Å²) in [5.74, 6) is -0.183. The van der Waals surface area contributed by atoms with Gasteiger partial charge in [-0.1, -0.05) is 6.07 Å². The number of amides is 1. The molecule has 1 heterocycles. The van der Waals surface area contributed by atoms with E-state index < -0.39 is 6.04 Å². The molecule has 15 heavy (non-hydrogen) atoms. The third-order valence-electron chi connectivity index (χ3n) is 2.01. The van der Waals surface area contributed by atoms with Gasteiger partial charge >= 0.3 is 0 Å². The van der Waals surface area contributed by atoms with Crippen molar-refractivity contribution in [2.24, 2.45) is 5.73 Å². The Hall–Kier alpha value is -0.910. The molecule has 1 rings (SSSR count). The molecule has 0 radical (unpaired) electrons. The Morgan fingerprint density at radius 3 is 3.00 bits per heavy atom. The van der Waals surface area contributed by atoms with Crippen LogP contribution < -0.4 is 11.1 Å². The molecule has 84 valence electrons. The first-order valence-electron chi connectivity index (χ1n) is 4.73. The van der Waals surface area contributed by atoms with Gasteiger partial charge in [0.25, 0.3) is 0 Å². The standard InChI is InChI=1S/C10H16N2O2S/c1-7(9-4-3-5-15-9)12-10(13)8(11)6-14-2/h3-5,7-8H,6,11H2,1-2H3,(H,12,13). The van der Waals surface area contributed by atoms with E-state index in [-0.39, 0.29) is 18.6 Å². The maximum Gasteiger partial charge on any atom is 0.239 e. The summed E-state index contributed by atoms with van der Waals surface area (Å²) in [5, 5.41) is 4.81. The number of hydrogen-bond donors (Lipinski definition) is 2. The lowest BCUT2D eigenvalue weighted by atomic mass is 10.2. The van der Waals surface area contributed by atoms with Gasteiger partial charge in [0.15, 0.2) is 0 Å². The monoisotopic (exact) mass is 228 g/mol. The Kier molecular flexibility index (Phi) is 4.74. The second-order valence-corrected chi connectivity index (χ2v) is 4.29. The van der Waals surface area contributed by atoms with Crippen molar-refractivity contribution in [2.45, 2.75) is 19.0 Å². The number of carbonyl (C=O) groups excluding carboxylic acids is 1. The van der Waals surface area contributed by atoms with Crippen molar-refractivity contribution in [1.82, 2.24) is 5.32 Å². The molecule has 0 aliphatic heterocycles. The first-order valence-corrected chi connectivity index (χ1v) is 5.61. The van der Waals surface area contributed by atoms with Crippen LogP contribution in [-0.4, -0.2) is 25.7 Å². The van der Waals surface area contributed by atoms with Gasteiger partial charge in [0.1, 0.15) is 6.04 Å². The van der Waals surface area contributed by atoms with Crippen molar-refractivity contribution < 1.29 is 9.53 Å². The fourth-order valence-electron chi connectivity index (χ4n) is 1.18. The highest BCUT2D eigenvalue weighted by molar-refractivity contribution is 7.10. The Labute approximate surface area is 93.4 Å². The van der Waals surface area contributed by atoms with E-state index in [1.807, 2.05) is 24.4 Å². The number of carbonyl (C=O) groups is 1. The maximum absolute atomic E-state index is 11.5. The Morgan fingerprint density at radius 2 is 2.47 bits per heavy atom. The van der Waals surface area contributed by atoms with Crippen LogP contribution >= 0.6 is 11.3 Å². The van der Waals surface area contributed by atoms with Gasteiger partial charge in [0.05, 0.1) is 12.6 Å². The van der Waals surface area contributed by atoms with Gasteiger partial charge in [-0.2, -0.15) is 0 Å². The number of thiophene rings is 1. The topological polar surface area (TPSA) is 64.3 Å². The summed E-state index contributed by atoms with van der Waals surface area (Å²) in [6.07, 6.45) is 0. The zero-order valence-electron chi connectivity index (χ0n) is 8.90. The minimum atomic E-state index is -0.600. The van der Waals surface area contributed by atoms with E-state index in [1.54, 1.807) is 11.3 Å². The highest BCUT2D eigenvalue weighted by atomic mass is 32.1. The minimum Gasteiger partial charge on any atom is -0.383 e. The lowest BCUT2D eigenvalue weighted by molar-refractivity contribution is -0.124. The summed E-state index contributed by atoms with van der Waals surface area (Å²) >= 11 is 1.61. The first-order chi connectivity index (χ1) is 7.15.